The van der Waals surface area contributed by atoms with Crippen LogP contribution < -0.4 is 0 Å². The fourth-order valence-corrected chi connectivity index (χ4v) is 3.16. The lowest BCUT2D eigenvalue weighted by Gasteiger charge is -2.38. The van der Waals surface area contributed by atoms with Crippen molar-refractivity contribution in [3.63, 3.8) is 0 Å². The van der Waals surface area contributed by atoms with Gasteiger partial charge in [-0.25, -0.2) is 0 Å². The molecule has 0 radical (unpaired) electrons. The molecule has 0 aromatic carbocycles. The molecule has 80 valence electrons. The Hall–Kier alpha value is -0.510. The van der Waals surface area contributed by atoms with Gasteiger partial charge in [0, 0.05) is 5.92 Å². The zero-order chi connectivity index (χ0) is 10.8. The zero-order valence-electron chi connectivity index (χ0n) is 10.1. The van der Waals surface area contributed by atoms with E-state index in [4.69, 9.17) is 5.26 Å². The lowest BCUT2D eigenvalue weighted by Crippen LogP contribution is -2.27. The highest BCUT2D eigenvalue weighted by molar-refractivity contribution is 4.91. The predicted molar refractivity (Wildman–Crippen MR) is 59.8 cm³/mol. The molecule has 0 aromatic heterocycles. The quantitative estimate of drug-likeness (QED) is 0.567. The van der Waals surface area contributed by atoms with Crippen molar-refractivity contribution in [1.29, 1.82) is 5.26 Å². The van der Waals surface area contributed by atoms with Gasteiger partial charge in [-0.05, 0) is 36.5 Å². The molecule has 1 saturated carbocycles. The molecule has 1 atom stereocenters. The third kappa shape index (κ3) is 3.33. The summed E-state index contributed by atoms with van der Waals surface area (Å²) in [6.07, 6.45) is 5.92. The van der Waals surface area contributed by atoms with E-state index in [-0.39, 0.29) is 0 Å². The molecule has 0 amide bonds. The SMILES string of the molecule is CC1(C)CCCC(C#N)CC(C)(C)C1. The molecular weight excluding hydrogens is 170 g/mol. The van der Waals surface area contributed by atoms with Gasteiger partial charge in [0.25, 0.3) is 0 Å². The normalized spacial score (nSPS) is 31.2. The molecule has 1 aliphatic rings. The van der Waals surface area contributed by atoms with Crippen molar-refractivity contribution in [3.8, 4) is 6.07 Å². The Bertz CT molecular complexity index is 232. The lowest BCUT2D eigenvalue weighted by atomic mass is 9.66. The molecule has 1 heteroatoms. The highest BCUT2D eigenvalue weighted by atomic mass is 14.4. The highest BCUT2D eigenvalue weighted by Gasteiger charge is 2.33. The Morgan fingerprint density at radius 2 is 1.79 bits per heavy atom. The van der Waals surface area contributed by atoms with Crippen LogP contribution in [0.1, 0.15) is 59.8 Å². The van der Waals surface area contributed by atoms with Crippen molar-refractivity contribution in [2.45, 2.75) is 59.8 Å². The third-order valence-electron chi connectivity index (χ3n) is 3.34. The number of nitriles is 1. The third-order valence-corrected chi connectivity index (χ3v) is 3.34. The van der Waals surface area contributed by atoms with Gasteiger partial charge in [0.05, 0.1) is 6.07 Å². The van der Waals surface area contributed by atoms with Crippen LogP contribution in [0, 0.1) is 28.1 Å². The molecule has 0 aliphatic heterocycles. The van der Waals surface area contributed by atoms with Crippen molar-refractivity contribution in [3.05, 3.63) is 0 Å². The Kier molecular flexibility index (Phi) is 3.24. The van der Waals surface area contributed by atoms with Crippen molar-refractivity contribution in [2.24, 2.45) is 16.7 Å². The average Bonchev–Trinajstić information content (AvgIpc) is 1.97. The summed E-state index contributed by atoms with van der Waals surface area (Å²) in [5.41, 5.74) is 0.800. The van der Waals surface area contributed by atoms with Gasteiger partial charge in [-0.15, -0.1) is 0 Å². The van der Waals surface area contributed by atoms with Crippen molar-refractivity contribution in [2.75, 3.05) is 0 Å². The summed E-state index contributed by atoms with van der Waals surface area (Å²) >= 11 is 0. The lowest BCUT2D eigenvalue weighted by molar-refractivity contribution is 0.132. The molecule has 14 heavy (non-hydrogen) atoms. The number of hydrogen-bond donors (Lipinski definition) is 0. The Morgan fingerprint density at radius 1 is 1.14 bits per heavy atom. The topological polar surface area (TPSA) is 23.8 Å². The molecular formula is C13H23N. The Morgan fingerprint density at radius 3 is 2.36 bits per heavy atom. The second-order valence-corrected chi connectivity index (χ2v) is 6.43. The van der Waals surface area contributed by atoms with E-state index in [0.717, 1.165) is 12.8 Å². The summed E-state index contributed by atoms with van der Waals surface area (Å²) in [7, 11) is 0. The first-order chi connectivity index (χ1) is 6.35. The number of rotatable bonds is 0. The van der Waals surface area contributed by atoms with Crippen LogP contribution in [0.25, 0.3) is 0 Å². The molecule has 1 aliphatic carbocycles. The van der Waals surface area contributed by atoms with E-state index < -0.39 is 0 Å². The van der Waals surface area contributed by atoms with Gasteiger partial charge in [0.2, 0.25) is 0 Å². The van der Waals surface area contributed by atoms with Crippen LogP contribution in [0.15, 0.2) is 0 Å². The summed E-state index contributed by atoms with van der Waals surface area (Å²) in [6.45, 7) is 9.34. The molecule has 0 bridgehead atoms. The Balaban J connectivity index is 2.71. The van der Waals surface area contributed by atoms with Gasteiger partial charge in [-0.3, -0.25) is 0 Å². The molecule has 0 N–H and O–H groups in total. The minimum absolute atomic E-state index is 0.293. The molecule has 1 unspecified atom stereocenters. The van der Waals surface area contributed by atoms with E-state index in [2.05, 4.69) is 33.8 Å². The fourth-order valence-electron chi connectivity index (χ4n) is 3.16. The van der Waals surface area contributed by atoms with Crippen LogP contribution in [0.5, 0.6) is 0 Å². The van der Waals surface area contributed by atoms with Crippen LogP contribution in [0.2, 0.25) is 0 Å². The molecule has 0 heterocycles. The molecule has 1 nitrogen and oxygen atoms in total. The maximum Gasteiger partial charge on any atom is 0.0655 e. The fraction of sp³-hybridized carbons (Fsp3) is 0.923. The van der Waals surface area contributed by atoms with Gasteiger partial charge >= 0.3 is 0 Å². The van der Waals surface area contributed by atoms with Crippen molar-refractivity contribution < 1.29 is 0 Å². The molecule has 0 saturated heterocycles. The van der Waals surface area contributed by atoms with Gasteiger partial charge in [0.1, 0.15) is 0 Å². The van der Waals surface area contributed by atoms with Crippen LogP contribution >= 0.6 is 0 Å². The summed E-state index contributed by atoms with van der Waals surface area (Å²) in [4.78, 5) is 0. The van der Waals surface area contributed by atoms with E-state index in [0.29, 0.717) is 16.7 Å². The average molecular weight is 193 g/mol. The highest BCUT2D eigenvalue weighted by Crippen LogP contribution is 2.44. The van der Waals surface area contributed by atoms with Crippen LogP contribution in [0.4, 0.5) is 0 Å². The van der Waals surface area contributed by atoms with E-state index >= 15 is 0 Å². The minimum atomic E-state index is 0.293. The van der Waals surface area contributed by atoms with E-state index in [1.54, 1.807) is 0 Å². The van der Waals surface area contributed by atoms with Gasteiger partial charge in [-0.1, -0.05) is 34.1 Å². The predicted octanol–water partition coefficient (Wildman–Crippen LogP) is 4.14. The molecule has 0 aromatic rings. The monoisotopic (exact) mass is 193 g/mol. The van der Waals surface area contributed by atoms with Crippen molar-refractivity contribution in [1.82, 2.24) is 0 Å². The second kappa shape index (κ2) is 3.93. The summed E-state index contributed by atoms with van der Waals surface area (Å²) in [6, 6.07) is 2.45. The first-order valence-corrected chi connectivity index (χ1v) is 5.74. The number of nitrogens with zero attached hydrogens (tertiary/aromatic N) is 1. The van der Waals surface area contributed by atoms with Gasteiger partial charge < -0.3 is 0 Å². The van der Waals surface area contributed by atoms with E-state index in [1.807, 2.05) is 0 Å². The summed E-state index contributed by atoms with van der Waals surface area (Å²) in [5.74, 6) is 0.293. The van der Waals surface area contributed by atoms with E-state index in [9.17, 15) is 0 Å². The standard InChI is InChI=1S/C13H23N/c1-12(2)7-5-6-11(9-14)8-13(3,4)10-12/h11H,5-8,10H2,1-4H3. The maximum atomic E-state index is 9.02. The van der Waals surface area contributed by atoms with Crippen LogP contribution in [-0.2, 0) is 0 Å². The van der Waals surface area contributed by atoms with Crippen molar-refractivity contribution >= 4 is 0 Å². The number of hydrogen-bond acceptors (Lipinski definition) is 1. The zero-order valence-corrected chi connectivity index (χ0v) is 10.1. The van der Waals surface area contributed by atoms with Crippen LogP contribution in [0.3, 0.4) is 0 Å². The first-order valence-electron chi connectivity index (χ1n) is 5.74. The molecule has 1 fully saturated rings. The first kappa shape index (κ1) is 11.6. The van der Waals surface area contributed by atoms with Gasteiger partial charge in [0.15, 0.2) is 0 Å². The van der Waals surface area contributed by atoms with E-state index in [1.165, 1.54) is 19.3 Å². The summed E-state index contributed by atoms with van der Waals surface area (Å²) in [5, 5.41) is 9.02. The maximum absolute atomic E-state index is 9.02. The smallest absolute Gasteiger partial charge is 0.0655 e. The summed E-state index contributed by atoms with van der Waals surface area (Å²) < 4.78 is 0. The second-order valence-electron chi connectivity index (χ2n) is 6.43. The minimum Gasteiger partial charge on any atom is -0.198 e. The molecule has 1 rings (SSSR count). The largest absolute Gasteiger partial charge is 0.198 e. The molecule has 0 spiro atoms. The van der Waals surface area contributed by atoms with Gasteiger partial charge in [-0.2, -0.15) is 5.26 Å². The Labute approximate surface area is 88.5 Å². The van der Waals surface area contributed by atoms with Crippen LogP contribution in [-0.4, -0.2) is 0 Å².